The molecule has 0 saturated heterocycles. The maximum atomic E-state index is 9.86. The smallest absolute Gasteiger partial charge is 0.237 e. The summed E-state index contributed by atoms with van der Waals surface area (Å²) >= 11 is 0. The van der Waals surface area contributed by atoms with Gasteiger partial charge in [0.1, 0.15) is 11.5 Å². The van der Waals surface area contributed by atoms with Gasteiger partial charge in [-0.3, -0.25) is 4.99 Å². The predicted molar refractivity (Wildman–Crippen MR) is 76.8 cm³/mol. The summed E-state index contributed by atoms with van der Waals surface area (Å²) in [7, 11) is 0. The van der Waals surface area contributed by atoms with Crippen molar-refractivity contribution in [1.82, 2.24) is 9.97 Å². The first-order valence-corrected chi connectivity index (χ1v) is 6.29. The van der Waals surface area contributed by atoms with Gasteiger partial charge in [0.05, 0.1) is 5.69 Å². The number of aromatic amines is 1. The fraction of sp³-hybridized carbons (Fsp3) is 0.200. The molecule has 0 radical (unpaired) electrons. The van der Waals surface area contributed by atoms with Gasteiger partial charge in [0.2, 0.25) is 5.88 Å². The van der Waals surface area contributed by atoms with Crippen molar-refractivity contribution in [1.29, 1.82) is 0 Å². The number of benzene rings is 1. The number of fused-ring (bicyclic) bond motifs is 1. The van der Waals surface area contributed by atoms with Crippen LogP contribution in [0.25, 0.3) is 11.6 Å². The highest BCUT2D eigenvalue weighted by Gasteiger charge is 2.14. The third-order valence-electron chi connectivity index (χ3n) is 3.13. The van der Waals surface area contributed by atoms with Gasteiger partial charge in [0.15, 0.2) is 0 Å². The zero-order valence-corrected chi connectivity index (χ0v) is 10.9. The number of rotatable bonds is 2. The highest BCUT2D eigenvalue weighted by Crippen LogP contribution is 2.33. The highest BCUT2D eigenvalue weighted by molar-refractivity contribution is 6.21. The van der Waals surface area contributed by atoms with E-state index in [1.54, 1.807) is 6.21 Å². The van der Waals surface area contributed by atoms with Crippen LogP contribution in [0.5, 0.6) is 5.88 Å². The Kier molecular flexibility index (Phi) is 2.71. The minimum Gasteiger partial charge on any atom is -0.492 e. The molecule has 2 aromatic rings. The molecule has 96 valence electrons. The van der Waals surface area contributed by atoms with Gasteiger partial charge in [0, 0.05) is 23.3 Å². The second kappa shape index (κ2) is 4.39. The number of aromatic nitrogens is 2. The van der Waals surface area contributed by atoms with Crippen molar-refractivity contribution < 1.29 is 5.11 Å². The maximum Gasteiger partial charge on any atom is 0.237 e. The third-order valence-corrected chi connectivity index (χ3v) is 3.13. The second-order valence-corrected chi connectivity index (χ2v) is 4.89. The molecule has 0 saturated carbocycles. The van der Waals surface area contributed by atoms with E-state index in [4.69, 9.17) is 0 Å². The van der Waals surface area contributed by atoms with E-state index in [9.17, 15) is 5.11 Å². The van der Waals surface area contributed by atoms with Crippen LogP contribution in [0.3, 0.4) is 0 Å². The number of nitrogens with zero attached hydrogens (tertiary/aromatic N) is 2. The van der Waals surface area contributed by atoms with Crippen molar-refractivity contribution in [2.24, 2.45) is 4.99 Å². The summed E-state index contributed by atoms with van der Waals surface area (Å²) in [6, 6.07) is 7.93. The molecule has 0 atom stereocenters. The molecule has 1 aliphatic rings. The molecule has 0 bridgehead atoms. The molecule has 0 unspecified atom stereocenters. The van der Waals surface area contributed by atoms with E-state index in [-0.39, 0.29) is 11.8 Å². The van der Waals surface area contributed by atoms with E-state index in [0.717, 1.165) is 22.6 Å². The lowest BCUT2D eigenvalue weighted by atomic mass is 10.1. The number of nitrogens with one attached hydrogen (secondary N) is 1. The van der Waals surface area contributed by atoms with Gasteiger partial charge in [-0.1, -0.05) is 32.0 Å². The Hall–Kier alpha value is -2.36. The number of aromatic hydroxyl groups is 1. The quantitative estimate of drug-likeness (QED) is 0.860. The van der Waals surface area contributed by atoms with E-state index in [1.165, 1.54) is 0 Å². The van der Waals surface area contributed by atoms with Crippen LogP contribution in [0, 0.1) is 0 Å². The zero-order chi connectivity index (χ0) is 13.4. The third kappa shape index (κ3) is 2.05. The van der Waals surface area contributed by atoms with E-state index < -0.39 is 0 Å². The van der Waals surface area contributed by atoms with Gasteiger partial charge < -0.3 is 10.1 Å². The van der Waals surface area contributed by atoms with Crippen molar-refractivity contribution in [3.05, 3.63) is 41.3 Å². The number of allylic oxidation sites excluding steroid dienone is 1. The van der Waals surface area contributed by atoms with Crippen molar-refractivity contribution in [3.8, 4) is 5.88 Å². The molecular weight excluding hydrogens is 238 g/mol. The Labute approximate surface area is 111 Å². The minimum atomic E-state index is 0.0361. The fourth-order valence-electron chi connectivity index (χ4n) is 2.08. The highest BCUT2D eigenvalue weighted by atomic mass is 16.3. The lowest BCUT2D eigenvalue weighted by molar-refractivity contribution is 0.453. The number of H-pyrrole nitrogens is 1. The molecule has 4 nitrogen and oxygen atoms in total. The second-order valence-electron chi connectivity index (χ2n) is 4.89. The van der Waals surface area contributed by atoms with Crippen molar-refractivity contribution in [2.45, 2.75) is 19.8 Å². The normalized spacial score (nSPS) is 15.4. The molecule has 2 N–H and O–H groups in total. The number of para-hydroxylation sites is 1. The summed E-state index contributed by atoms with van der Waals surface area (Å²) in [5, 5.41) is 9.86. The molecule has 2 heterocycles. The Morgan fingerprint density at radius 1 is 1.26 bits per heavy atom. The first kappa shape index (κ1) is 11.7. The number of hydrogen-bond donors (Lipinski definition) is 2. The molecule has 4 heteroatoms. The SMILES string of the molecule is CC(C)c1nc(O)c(/C=C2\C=Nc3ccccc32)[nH]1. The van der Waals surface area contributed by atoms with Crippen molar-refractivity contribution in [2.75, 3.05) is 0 Å². The lowest BCUT2D eigenvalue weighted by Crippen LogP contribution is -1.89. The van der Waals surface area contributed by atoms with Gasteiger partial charge >= 0.3 is 0 Å². The molecule has 1 aliphatic heterocycles. The minimum absolute atomic E-state index is 0.0361. The van der Waals surface area contributed by atoms with Gasteiger partial charge in [0.25, 0.3) is 0 Å². The average molecular weight is 253 g/mol. The van der Waals surface area contributed by atoms with Gasteiger partial charge in [-0.2, -0.15) is 4.98 Å². The Morgan fingerprint density at radius 2 is 2.05 bits per heavy atom. The summed E-state index contributed by atoms with van der Waals surface area (Å²) in [4.78, 5) is 11.6. The standard InChI is InChI=1S/C15H15N3O/c1-9(2)14-17-13(15(19)18-14)7-10-8-16-12-6-4-3-5-11(10)12/h3-9,19H,1-2H3,(H,17,18)/b10-7+. The molecular formula is C15H15N3O. The molecule has 0 fully saturated rings. The Bertz CT molecular complexity index is 680. The molecule has 19 heavy (non-hydrogen) atoms. The van der Waals surface area contributed by atoms with Crippen LogP contribution in [0.4, 0.5) is 5.69 Å². The van der Waals surface area contributed by atoms with Gasteiger partial charge in [-0.25, -0.2) is 0 Å². The Morgan fingerprint density at radius 3 is 2.79 bits per heavy atom. The summed E-state index contributed by atoms with van der Waals surface area (Å²) in [5.74, 6) is 1.07. The number of hydrogen-bond acceptors (Lipinski definition) is 3. The summed E-state index contributed by atoms with van der Waals surface area (Å²) in [5.41, 5.74) is 3.63. The largest absolute Gasteiger partial charge is 0.492 e. The average Bonchev–Trinajstić information content (AvgIpc) is 2.96. The van der Waals surface area contributed by atoms with Crippen LogP contribution in [-0.4, -0.2) is 21.3 Å². The summed E-state index contributed by atoms with van der Waals surface area (Å²) in [6.07, 6.45) is 3.68. The van der Waals surface area contributed by atoms with Crippen LogP contribution in [0.2, 0.25) is 0 Å². The summed E-state index contributed by atoms with van der Waals surface area (Å²) in [6.45, 7) is 4.06. The van der Waals surface area contributed by atoms with Crippen LogP contribution in [0.15, 0.2) is 29.3 Å². The van der Waals surface area contributed by atoms with Crippen LogP contribution in [-0.2, 0) is 0 Å². The number of imidazole rings is 1. The van der Waals surface area contributed by atoms with E-state index >= 15 is 0 Å². The predicted octanol–water partition coefficient (Wildman–Crippen LogP) is 3.50. The first-order chi connectivity index (χ1) is 9.15. The molecule has 0 aliphatic carbocycles. The molecule has 0 amide bonds. The van der Waals surface area contributed by atoms with Crippen molar-refractivity contribution in [3.63, 3.8) is 0 Å². The lowest BCUT2D eigenvalue weighted by Gasteiger charge is -1.98. The van der Waals surface area contributed by atoms with E-state index in [0.29, 0.717) is 5.69 Å². The summed E-state index contributed by atoms with van der Waals surface area (Å²) < 4.78 is 0. The van der Waals surface area contributed by atoms with Gasteiger partial charge in [-0.15, -0.1) is 0 Å². The maximum absolute atomic E-state index is 9.86. The molecule has 1 aromatic heterocycles. The van der Waals surface area contributed by atoms with Crippen LogP contribution in [0.1, 0.15) is 36.8 Å². The molecule has 3 rings (SSSR count). The Balaban J connectivity index is 2.02. The first-order valence-electron chi connectivity index (χ1n) is 6.29. The molecule has 0 spiro atoms. The van der Waals surface area contributed by atoms with Crippen LogP contribution < -0.4 is 0 Å². The van der Waals surface area contributed by atoms with Gasteiger partial charge in [-0.05, 0) is 12.1 Å². The van der Waals surface area contributed by atoms with Crippen molar-refractivity contribution >= 4 is 23.6 Å². The van der Waals surface area contributed by atoms with E-state index in [1.807, 2.05) is 44.2 Å². The number of aliphatic imine (C=N–C) groups is 1. The monoisotopic (exact) mass is 253 g/mol. The van der Waals surface area contributed by atoms with Crippen LogP contribution >= 0.6 is 0 Å². The molecule has 1 aromatic carbocycles. The fourth-order valence-corrected chi connectivity index (χ4v) is 2.08. The zero-order valence-electron chi connectivity index (χ0n) is 10.9. The van der Waals surface area contributed by atoms with E-state index in [2.05, 4.69) is 15.0 Å². The topological polar surface area (TPSA) is 61.3 Å².